The van der Waals surface area contributed by atoms with Crippen LogP contribution in [0, 0.1) is 6.92 Å². The molecule has 3 aromatic heterocycles. The van der Waals surface area contributed by atoms with Crippen LogP contribution in [-0.4, -0.2) is 37.8 Å². The number of carbonyl (C=O) groups excluding carboxylic acids is 2. The fraction of sp³-hybridized carbons (Fsp3) is 0.120. The van der Waals surface area contributed by atoms with Crippen LogP contribution in [0.3, 0.4) is 0 Å². The maximum absolute atomic E-state index is 13.3. The molecule has 0 saturated carbocycles. The zero-order valence-corrected chi connectivity index (χ0v) is 19.0. The van der Waals surface area contributed by atoms with E-state index in [0.717, 1.165) is 0 Å². The number of rotatable bonds is 6. The van der Waals surface area contributed by atoms with Crippen molar-refractivity contribution in [2.45, 2.75) is 13.0 Å². The second-order valence-corrected chi connectivity index (χ2v) is 8.50. The third kappa shape index (κ3) is 3.46. The van der Waals surface area contributed by atoms with Gasteiger partial charge >= 0.3 is 5.91 Å². The number of pyridine rings is 1. The molecule has 1 unspecified atom stereocenters. The summed E-state index contributed by atoms with van der Waals surface area (Å²) in [5.74, 6) is -1.30. The van der Waals surface area contributed by atoms with Crippen LogP contribution in [0.5, 0.6) is 5.75 Å². The number of hydrogen-bond donors (Lipinski definition) is 1. The SMILES string of the molecule is C=CCOc1cccc(C2/C(=C(\O)c3c(C)nc4ccccn34)C(=O)C(=O)N2c2nccs2)c1. The fourth-order valence-corrected chi connectivity index (χ4v) is 4.80. The Morgan fingerprint density at radius 1 is 1.26 bits per heavy atom. The van der Waals surface area contributed by atoms with E-state index in [1.165, 1.54) is 16.2 Å². The number of ether oxygens (including phenoxy) is 1. The zero-order valence-electron chi connectivity index (χ0n) is 18.2. The smallest absolute Gasteiger partial charge is 0.301 e. The number of anilines is 1. The van der Waals surface area contributed by atoms with Gasteiger partial charge in [0.15, 0.2) is 10.9 Å². The molecule has 9 heteroatoms. The molecule has 1 aliphatic rings. The number of benzene rings is 1. The Morgan fingerprint density at radius 3 is 2.88 bits per heavy atom. The molecule has 1 amide bonds. The van der Waals surface area contributed by atoms with E-state index in [4.69, 9.17) is 4.74 Å². The van der Waals surface area contributed by atoms with Crippen molar-refractivity contribution < 1.29 is 19.4 Å². The number of aromatic nitrogens is 3. The average molecular weight is 473 g/mol. The Bertz CT molecular complexity index is 1450. The molecular formula is C25H20N4O4S. The quantitative estimate of drug-likeness (QED) is 0.195. The molecular weight excluding hydrogens is 452 g/mol. The van der Waals surface area contributed by atoms with E-state index < -0.39 is 17.7 Å². The molecule has 4 heterocycles. The monoisotopic (exact) mass is 472 g/mol. The van der Waals surface area contributed by atoms with Crippen LogP contribution in [0.25, 0.3) is 11.4 Å². The maximum Gasteiger partial charge on any atom is 0.301 e. The van der Waals surface area contributed by atoms with E-state index in [-0.39, 0.29) is 11.3 Å². The third-order valence-electron chi connectivity index (χ3n) is 5.54. The van der Waals surface area contributed by atoms with Crippen LogP contribution in [0.1, 0.15) is 23.0 Å². The van der Waals surface area contributed by atoms with Gasteiger partial charge in [-0.25, -0.2) is 9.97 Å². The van der Waals surface area contributed by atoms with Crippen molar-refractivity contribution in [2.75, 3.05) is 11.5 Å². The van der Waals surface area contributed by atoms with Gasteiger partial charge in [0.1, 0.15) is 23.7 Å². The van der Waals surface area contributed by atoms with E-state index in [1.54, 1.807) is 71.6 Å². The lowest BCUT2D eigenvalue weighted by molar-refractivity contribution is -0.132. The normalized spacial score (nSPS) is 17.4. The highest BCUT2D eigenvalue weighted by molar-refractivity contribution is 7.14. The van der Waals surface area contributed by atoms with Gasteiger partial charge in [-0.1, -0.05) is 30.9 Å². The highest BCUT2D eigenvalue weighted by Crippen LogP contribution is 2.43. The summed E-state index contributed by atoms with van der Waals surface area (Å²) < 4.78 is 7.36. The van der Waals surface area contributed by atoms with E-state index in [0.29, 0.717) is 40.1 Å². The van der Waals surface area contributed by atoms with Gasteiger partial charge in [-0.05, 0) is 36.8 Å². The number of hydrogen-bond acceptors (Lipinski definition) is 7. The lowest BCUT2D eigenvalue weighted by atomic mass is 9.96. The minimum atomic E-state index is -0.896. The summed E-state index contributed by atoms with van der Waals surface area (Å²) >= 11 is 1.23. The van der Waals surface area contributed by atoms with Crippen LogP contribution in [0.15, 0.2) is 78.5 Å². The predicted octanol–water partition coefficient (Wildman–Crippen LogP) is 4.29. The summed E-state index contributed by atoms with van der Waals surface area (Å²) in [5.41, 5.74) is 2.08. The number of nitrogens with zero attached hydrogens (tertiary/aromatic N) is 4. The number of aliphatic hydroxyl groups is 1. The van der Waals surface area contributed by atoms with E-state index in [1.807, 2.05) is 6.07 Å². The molecule has 0 bridgehead atoms. The van der Waals surface area contributed by atoms with Crippen molar-refractivity contribution in [1.82, 2.24) is 14.4 Å². The molecule has 1 aliphatic heterocycles. The van der Waals surface area contributed by atoms with Crippen molar-refractivity contribution in [3.05, 3.63) is 95.4 Å². The van der Waals surface area contributed by atoms with Crippen LogP contribution in [-0.2, 0) is 9.59 Å². The minimum Gasteiger partial charge on any atom is -0.505 e. The van der Waals surface area contributed by atoms with Gasteiger partial charge < -0.3 is 9.84 Å². The summed E-state index contributed by atoms with van der Waals surface area (Å²) in [6, 6.07) is 11.6. The second-order valence-electron chi connectivity index (χ2n) is 7.63. The molecule has 34 heavy (non-hydrogen) atoms. The summed E-state index contributed by atoms with van der Waals surface area (Å²) in [7, 11) is 0. The van der Waals surface area contributed by atoms with Crippen molar-refractivity contribution in [3.63, 3.8) is 0 Å². The first-order chi connectivity index (χ1) is 16.5. The Hall–Kier alpha value is -4.24. The van der Waals surface area contributed by atoms with Crippen molar-refractivity contribution >= 4 is 39.6 Å². The Balaban J connectivity index is 1.75. The number of thiazole rings is 1. The van der Waals surface area contributed by atoms with Gasteiger partial charge in [-0.3, -0.25) is 18.9 Å². The zero-order chi connectivity index (χ0) is 23.8. The van der Waals surface area contributed by atoms with Gasteiger partial charge in [-0.15, -0.1) is 11.3 Å². The number of ketones is 1. The first-order valence-electron chi connectivity index (χ1n) is 10.5. The molecule has 4 aromatic rings. The lowest BCUT2D eigenvalue weighted by Crippen LogP contribution is -2.29. The van der Waals surface area contributed by atoms with Crippen molar-refractivity contribution in [2.24, 2.45) is 0 Å². The van der Waals surface area contributed by atoms with Gasteiger partial charge in [0.05, 0.1) is 17.3 Å². The van der Waals surface area contributed by atoms with Crippen LogP contribution in [0.2, 0.25) is 0 Å². The molecule has 1 saturated heterocycles. The lowest BCUT2D eigenvalue weighted by Gasteiger charge is -2.23. The van der Waals surface area contributed by atoms with Gasteiger partial charge in [-0.2, -0.15) is 0 Å². The van der Waals surface area contributed by atoms with Crippen molar-refractivity contribution in [1.29, 1.82) is 0 Å². The Morgan fingerprint density at radius 2 is 2.12 bits per heavy atom. The third-order valence-corrected chi connectivity index (χ3v) is 6.31. The highest BCUT2D eigenvalue weighted by Gasteiger charge is 2.48. The second kappa shape index (κ2) is 8.60. The van der Waals surface area contributed by atoms with E-state index >= 15 is 0 Å². The molecule has 1 atom stereocenters. The summed E-state index contributed by atoms with van der Waals surface area (Å²) in [4.78, 5) is 36.6. The summed E-state index contributed by atoms with van der Waals surface area (Å²) in [6.45, 7) is 5.71. The standard InChI is InChI=1S/C25H20N4O4S/c1-3-12-33-17-8-6-7-16(14-17)21-19(23(31)24(32)29(21)25-26-10-13-34-25)22(30)20-15(2)27-18-9-4-5-11-28(18)20/h3-11,13-14,21,30H,1,12H2,2H3/b22-19+. The van der Waals surface area contributed by atoms with Crippen molar-refractivity contribution in [3.8, 4) is 5.75 Å². The molecule has 1 N–H and O–H groups in total. The van der Waals surface area contributed by atoms with Crippen LogP contribution >= 0.6 is 11.3 Å². The predicted molar refractivity (Wildman–Crippen MR) is 129 cm³/mol. The molecule has 5 rings (SSSR count). The number of imidazole rings is 1. The summed E-state index contributed by atoms with van der Waals surface area (Å²) in [6.07, 6.45) is 4.94. The average Bonchev–Trinajstić information content (AvgIpc) is 3.54. The molecule has 1 fully saturated rings. The first-order valence-corrected chi connectivity index (χ1v) is 11.4. The van der Waals surface area contributed by atoms with Gasteiger partial charge in [0, 0.05) is 17.8 Å². The van der Waals surface area contributed by atoms with Gasteiger partial charge in [0.25, 0.3) is 5.78 Å². The number of carbonyl (C=O) groups is 2. The first kappa shape index (κ1) is 21.6. The molecule has 0 spiro atoms. The molecule has 8 nitrogen and oxygen atoms in total. The maximum atomic E-state index is 13.3. The van der Waals surface area contributed by atoms with Gasteiger partial charge in [0.2, 0.25) is 0 Å². The number of aryl methyl sites for hydroxylation is 1. The molecule has 170 valence electrons. The minimum absolute atomic E-state index is 0.0326. The number of Topliss-reactive ketones (excluding diaryl/α,β-unsaturated/α-hetero) is 1. The highest BCUT2D eigenvalue weighted by atomic mass is 32.1. The topological polar surface area (TPSA) is 97.0 Å². The molecule has 0 radical (unpaired) electrons. The fourth-order valence-electron chi connectivity index (χ4n) is 4.14. The summed E-state index contributed by atoms with van der Waals surface area (Å²) in [5, 5.41) is 13.6. The van der Waals surface area contributed by atoms with Crippen LogP contribution in [0.4, 0.5) is 5.13 Å². The Labute approximate surface area is 199 Å². The van der Waals surface area contributed by atoms with E-state index in [9.17, 15) is 14.7 Å². The number of aliphatic hydroxyl groups excluding tert-OH is 1. The largest absolute Gasteiger partial charge is 0.505 e. The molecule has 0 aliphatic carbocycles. The number of fused-ring (bicyclic) bond motifs is 1. The van der Waals surface area contributed by atoms with E-state index in [2.05, 4.69) is 16.5 Å². The molecule has 1 aromatic carbocycles. The number of amides is 1. The van der Waals surface area contributed by atoms with Crippen LogP contribution < -0.4 is 9.64 Å². The Kier molecular flexibility index (Phi) is 5.46.